The number of hydrogen-bond acceptors (Lipinski definition) is 5. The minimum absolute atomic E-state index is 0.0823. The number of aromatic nitrogens is 6. The predicted octanol–water partition coefficient (Wildman–Crippen LogP) is 2.44. The fraction of sp³-hybridized carbons (Fsp3) is 0.100. The molecule has 0 aliphatic heterocycles. The van der Waals surface area contributed by atoms with Crippen molar-refractivity contribution in [3.05, 3.63) is 71.4 Å². The second-order valence-electron chi connectivity index (χ2n) is 6.37. The molecule has 0 N–H and O–H groups in total. The minimum Gasteiger partial charge on any atom is -0.494 e. The van der Waals surface area contributed by atoms with Crippen molar-refractivity contribution in [1.82, 2.24) is 28.9 Å². The third-order valence-electron chi connectivity index (χ3n) is 4.86. The van der Waals surface area contributed by atoms with Gasteiger partial charge in [0, 0.05) is 7.05 Å². The van der Waals surface area contributed by atoms with Crippen molar-refractivity contribution < 1.29 is 4.74 Å². The maximum absolute atomic E-state index is 12.9. The highest BCUT2D eigenvalue weighted by Gasteiger charge is 2.20. The first-order valence-corrected chi connectivity index (χ1v) is 8.70. The zero-order valence-corrected chi connectivity index (χ0v) is 15.3. The van der Waals surface area contributed by atoms with Gasteiger partial charge >= 0.3 is 0 Å². The number of imidazole rings is 1. The standard InChI is InChI=1S/C20H16N6O2/c1-24-19-18(21-12-25(19)14-8-4-3-7-13(14)20(24)27)16-11-22-23-26(16)15-9-5-6-10-17(15)28-2/h3-12H,1-2H3. The van der Waals surface area contributed by atoms with Crippen LogP contribution in [0.25, 0.3) is 33.6 Å². The molecule has 5 aromatic rings. The van der Waals surface area contributed by atoms with Crippen LogP contribution in [0.2, 0.25) is 0 Å². The minimum atomic E-state index is -0.0823. The molecule has 28 heavy (non-hydrogen) atoms. The summed E-state index contributed by atoms with van der Waals surface area (Å²) in [5, 5.41) is 8.93. The van der Waals surface area contributed by atoms with Crippen LogP contribution in [-0.2, 0) is 7.05 Å². The molecule has 0 aliphatic carbocycles. The van der Waals surface area contributed by atoms with E-state index in [1.807, 2.05) is 52.9 Å². The number of ether oxygens (including phenoxy) is 1. The van der Waals surface area contributed by atoms with Gasteiger partial charge in [-0.25, -0.2) is 9.67 Å². The highest BCUT2D eigenvalue weighted by molar-refractivity contribution is 5.84. The maximum atomic E-state index is 12.9. The predicted molar refractivity (Wildman–Crippen MR) is 105 cm³/mol. The van der Waals surface area contributed by atoms with E-state index in [1.54, 1.807) is 35.9 Å². The van der Waals surface area contributed by atoms with E-state index in [0.717, 1.165) is 11.2 Å². The molecule has 0 radical (unpaired) electrons. The van der Waals surface area contributed by atoms with E-state index in [2.05, 4.69) is 15.3 Å². The SMILES string of the molecule is COc1ccccc1-n1nncc1-c1ncn2c3ccccc3c(=O)n(C)c12. The zero-order valence-electron chi connectivity index (χ0n) is 15.3. The van der Waals surface area contributed by atoms with E-state index in [1.165, 1.54) is 0 Å². The molecule has 5 rings (SSSR count). The Morgan fingerprint density at radius 2 is 1.82 bits per heavy atom. The lowest BCUT2D eigenvalue weighted by molar-refractivity contribution is 0.411. The van der Waals surface area contributed by atoms with E-state index >= 15 is 0 Å². The van der Waals surface area contributed by atoms with Gasteiger partial charge in [-0.3, -0.25) is 13.8 Å². The summed E-state index contributed by atoms with van der Waals surface area (Å²) in [6.45, 7) is 0. The Bertz CT molecular complexity index is 1400. The second kappa shape index (κ2) is 6.05. The number of nitrogens with zero attached hydrogens (tertiary/aromatic N) is 6. The Kier molecular flexibility index (Phi) is 3.51. The molecule has 0 saturated heterocycles. The van der Waals surface area contributed by atoms with Gasteiger partial charge in [0.2, 0.25) is 0 Å². The molecular formula is C20H16N6O2. The van der Waals surface area contributed by atoms with Crippen molar-refractivity contribution in [2.45, 2.75) is 0 Å². The molecule has 0 saturated carbocycles. The lowest BCUT2D eigenvalue weighted by Crippen LogP contribution is -2.19. The number of hydrogen-bond donors (Lipinski definition) is 0. The molecule has 8 nitrogen and oxygen atoms in total. The summed E-state index contributed by atoms with van der Waals surface area (Å²) in [5.74, 6) is 0.664. The third-order valence-corrected chi connectivity index (χ3v) is 4.86. The fourth-order valence-electron chi connectivity index (χ4n) is 3.54. The Labute approximate surface area is 159 Å². The molecule has 0 spiro atoms. The summed E-state index contributed by atoms with van der Waals surface area (Å²) < 4.78 is 10.6. The monoisotopic (exact) mass is 372 g/mol. The summed E-state index contributed by atoms with van der Waals surface area (Å²) in [7, 11) is 3.35. The van der Waals surface area contributed by atoms with E-state index in [9.17, 15) is 4.79 Å². The van der Waals surface area contributed by atoms with Crippen LogP contribution in [0.5, 0.6) is 5.75 Å². The fourth-order valence-corrected chi connectivity index (χ4v) is 3.54. The normalized spacial score (nSPS) is 11.4. The molecule has 0 amide bonds. The third kappa shape index (κ3) is 2.18. The molecule has 2 aromatic carbocycles. The number of para-hydroxylation sites is 3. The average Bonchev–Trinajstić information content (AvgIpc) is 3.39. The van der Waals surface area contributed by atoms with Gasteiger partial charge in [-0.05, 0) is 24.3 Å². The molecule has 8 heteroatoms. The molecule has 0 atom stereocenters. The van der Waals surface area contributed by atoms with Crippen molar-refractivity contribution in [3.63, 3.8) is 0 Å². The maximum Gasteiger partial charge on any atom is 0.261 e. The van der Waals surface area contributed by atoms with Gasteiger partial charge in [0.15, 0.2) is 0 Å². The summed E-state index contributed by atoms with van der Waals surface area (Å²) in [4.78, 5) is 17.5. The summed E-state index contributed by atoms with van der Waals surface area (Å²) >= 11 is 0. The van der Waals surface area contributed by atoms with E-state index in [-0.39, 0.29) is 5.56 Å². The number of methoxy groups -OCH3 is 1. The summed E-state index contributed by atoms with van der Waals surface area (Å²) in [6.07, 6.45) is 3.35. The van der Waals surface area contributed by atoms with Crippen molar-refractivity contribution in [2.75, 3.05) is 7.11 Å². The van der Waals surface area contributed by atoms with Crippen LogP contribution in [-0.4, -0.2) is 36.1 Å². The van der Waals surface area contributed by atoms with E-state index in [0.29, 0.717) is 28.2 Å². The highest BCUT2D eigenvalue weighted by Crippen LogP contribution is 2.29. The Morgan fingerprint density at radius 1 is 1.04 bits per heavy atom. The van der Waals surface area contributed by atoms with E-state index in [4.69, 9.17) is 4.74 Å². The van der Waals surface area contributed by atoms with Crippen molar-refractivity contribution in [2.24, 2.45) is 7.05 Å². The van der Waals surface area contributed by atoms with Gasteiger partial charge in [-0.15, -0.1) is 5.10 Å². The molecule has 0 aliphatic rings. The molecule has 0 unspecified atom stereocenters. The number of fused-ring (bicyclic) bond motifs is 3. The Hall–Kier alpha value is -3.94. The van der Waals surface area contributed by atoms with Gasteiger partial charge in [-0.1, -0.05) is 29.5 Å². The lowest BCUT2D eigenvalue weighted by atomic mass is 10.2. The first kappa shape index (κ1) is 16.2. The molecule has 138 valence electrons. The van der Waals surface area contributed by atoms with Crippen LogP contribution in [0, 0.1) is 0 Å². The largest absolute Gasteiger partial charge is 0.494 e. The first-order valence-electron chi connectivity index (χ1n) is 8.70. The van der Waals surface area contributed by atoms with Crippen molar-refractivity contribution in [1.29, 1.82) is 0 Å². The van der Waals surface area contributed by atoms with Crippen LogP contribution in [0.15, 0.2) is 65.8 Å². The van der Waals surface area contributed by atoms with Crippen LogP contribution in [0.3, 0.4) is 0 Å². The topological polar surface area (TPSA) is 79.2 Å². The summed E-state index contributed by atoms with van der Waals surface area (Å²) in [5.41, 5.74) is 3.40. The quantitative estimate of drug-likeness (QED) is 0.486. The van der Waals surface area contributed by atoms with Gasteiger partial charge in [0.1, 0.15) is 34.8 Å². The molecule has 3 aromatic heterocycles. The lowest BCUT2D eigenvalue weighted by Gasteiger charge is -2.11. The molecule has 0 bridgehead atoms. The smallest absolute Gasteiger partial charge is 0.261 e. The molecule has 3 heterocycles. The second-order valence-corrected chi connectivity index (χ2v) is 6.37. The van der Waals surface area contributed by atoms with E-state index < -0.39 is 0 Å². The van der Waals surface area contributed by atoms with Crippen LogP contribution < -0.4 is 10.3 Å². The van der Waals surface area contributed by atoms with Crippen LogP contribution >= 0.6 is 0 Å². The van der Waals surface area contributed by atoms with Crippen molar-refractivity contribution in [3.8, 4) is 22.8 Å². The highest BCUT2D eigenvalue weighted by atomic mass is 16.5. The summed E-state index contributed by atoms with van der Waals surface area (Å²) in [6, 6.07) is 15.0. The van der Waals surface area contributed by atoms with Gasteiger partial charge in [0.25, 0.3) is 5.56 Å². The van der Waals surface area contributed by atoms with Gasteiger partial charge in [0.05, 0.1) is 24.2 Å². The number of rotatable bonds is 3. The van der Waals surface area contributed by atoms with Crippen LogP contribution in [0.4, 0.5) is 0 Å². The zero-order chi connectivity index (χ0) is 19.3. The van der Waals surface area contributed by atoms with Crippen LogP contribution in [0.1, 0.15) is 0 Å². The first-order chi connectivity index (χ1) is 13.7. The van der Waals surface area contributed by atoms with Gasteiger partial charge in [-0.2, -0.15) is 0 Å². The molecule has 0 fully saturated rings. The number of benzene rings is 2. The number of aryl methyl sites for hydroxylation is 1. The van der Waals surface area contributed by atoms with Gasteiger partial charge < -0.3 is 4.74 Å². The molecular weight excluding hydrogens is 356 g/mol. The Morgan fingerprint density at radius 3 is 2.68 bits per heavy atom. The average molecular weight is 372 g/mol. The van der Waals surface area contributed by atoms with Crippen molar-refractivity contribution >= 4 is 16.6 Å². The Balaban J connectivity index is 1.84.